The van der Waals surface area contributed by atoms with Gasteiger partial charge in [-0.25, -0.2) is 9.37 Å². The van der Waals surface area contributed by atoms with Gasteiger partial charge in [-0.2, -0.15) is 0 Å². The summed E-state index contributed by atoms with van der Waals surface area (Å²) in [4.78, 5) is 15.4. The van der Waals surface area contributed by atoms with Gasteiger partial charge in [0.1, 0.15) is 17.2 Å². The minimum atomic E-state index is -0.330. The van der Waals surface area contributed by atoms with Gasteiger partial charge in [0.25, 0.3) is 0 Å². The van der Waals surface area contributed by atoms with E-state index in [0.29, 0.717) is 16.9 Å². The summed E-state index contributed by atoms with van der Waals surface area (Å²) < 4.78 is 14.6. The number of pyridine rings is 1. The first kappa shape index (κ1) is 11.5. The van der Waals surface area contributed by atoms with Crippen molar-refractivity contribution in [2.45, 2.75) is 6.92 Å². The SMILES string of the molecule is Cc1ccn2c(N=O)c(-c3ccc(F)cc3)nc2c1. The van der Waals surface area contributed by atoms with Gasteiger partial charge in [-0.1, -0.05) is 0 Å². The van der Waals surface area contributed by atoms with E-state index >= 15 is 0 Å². The first-order valence-electron chi connectivity index (χ1n) is 5.77. The molecule has 3 rings (SSSR count). The molecule has 0 N–H and O–H groups in total. The Balaban J connectivity index is 2.28. The van der Waals surface area contributed by atoms with Crippen LogP contribution in [-0.4, -0.2) is 9.38 Å². The summed E-state index contributed by atoms with van der Waals surface area (Å²) in [5.74, 6) is -0.106. The fourth-order valence-corrected chi connectivity index (χ4v) is 2.02. The van der Waals surface area contributed by atoms with Gasteiger partial charge in [0.15, 0.2) is 0 Å². The van der Waals surface area contributed by atoms with Crippen LogP contribution in [0.2, 0.25) is 0 Å². The van der Waals surface area contributed by atoms with E-state index in [0.717, 1.165) is 5.56 Å². The average molecular weight is 255 g/mol. The van der Waals surface area contributed by atoms with Crippen LogP contribution < -0.4 is 0 Å². The minimum absolute atomic E-state index is 0.224. The number of hydrogen-bond donors (Lipinski definition) is 0. The first-order valence-corrected chi connectivity index (χ1v) is 5.77. The number of halogens is 1. The third kappa shape index (κ3) is 1.89. The lowest BCUT2D eigenvalue weighted by Gasteiger charge is -1.97. The van der Waals surface area contributed by atoms with Crippen molar-refractivity contribution in [3.8, 4) is 11.3 Å². The second-order valence-corrected chi connectivity index (χ2v) is 4.31. The lowest BCUT2D eigenvalue weighted by molar-refractivity contribution is 0.628. The highest BCUT2D eigenvalue weighted by molar-refractivity contribution is 5.74. The topological polar surface area (TPSA) is 46.7 Å². The number of nitrogens with zero attached hydrogens (tertiary/aromatic N) is 3. The monoisotopic (exact) mass is 255 g/mol. The number of benzene rings is 1. The molecule has 0 aliphatic carbocycles. The highest BCUT2D eigenvalue weighted by Gasteiger charge is 2.14. The molecule has 0 saturated heterocycles. The molecule has 0 radical (unpaired) electrons. The molecule has 0 aliphatic heterocycles. The fourth-order valence-electron chi connectivity index (χ4n) is 2.02. The van der Waals surface area contributed by atoms with Crippen LogP contribution in [-0.2, 0) is 0 Å². The Bertz CT molecular complexity index is 762. The molecule has 4 nitrogen and oxygen atoms in total. The molecular weight excluding hydrogens is 245 g/mol. The maximum atomic E-state index is 12.9. The Hall–Kier alpha value is -2.56. The number of hydrogen-bond acceptors (Lipinski definition) is 3. The van der Waals surface area contributed by atoms with Crippen LogP contribution in [0.4, 0.5) is 10.2 Å². The average Bonchev–Trinajstić information content (AvgIpc) is 2.77. The van der Waals surface area contributed by atoms with E-state index in [2.05, 4.69) is 10.2 Å². The summed E-state index contributed by atoms with van der Waals surface area (Å²) in [6, 6.07) is 9.56. The van der Waals surface area contributed by atoms with E-state index in [4.69, 9.17) is 0 Å². The summed E-state index contributed by atoms with van der Waals surface area (Å²) in [5, 5.41) is 3.04. The highest BCUT2D eigenvalue weighted by Crippen LogP contribution is 2.31. The van der Waals surface area contributed by atoms with Crippen molar-refractivity contribution in [1.29, 1.82) is 0 Å². The molecule has 0 unspecified atom stereocenters. The molecule has 0 atom stereocenters. The number of fused-ring (bicyclic) bond motifs is 1. The Morgan fingerprint density at radius 2 is 1.95 bits per heavy atom. The second kappa shape index (κ2) is 4.28. The molecule has 2 heterocycles. The summed E-state index contributed by atoms with van der Waals surface area (Å²) in [6.07, 6.45) is 1.75. The lowest BCUT2D eigenvalue weighted by atomic mass is 10.1. The number of aromatic nitrogens is 2. The van der Waals surface area contributed by atoms with Crippen LogP contribution in [0, 0.1) is 17.6 Å². The Labute approximate surface area is 108 Å². The second-order valence-electron chi connectivity index (χ2n) is 4.31. The van der Waals surface area contributed by atoms with Gasteiger partial charge in [-0.3, -0.25) is 4.40 Å². The molecule has 1 aromatic carbocycles. The summed E-state index contributed by atoms with van der Waals surface area (Å²) in [7, 11) is 0. The van der Waals surface area contributed by atoms with Crippen LogP contribution in [0.15, 0.2) is 47.8 Å². The molecule has 3 aromatic rings. The standard InChI is InChI=1S/C14H10FN3O/c1-9-6-7-18-12(8-9)16-13(14(18)17-19)10-2-4-11(15)5-3-10/h2-8H,1H3. The van der Waals surface area contributed by atoms with E-state index in [1.54, 1.807) is 22.7 Å². The van der Waals surface area contributed by atoms with E-state index in [1.807, 2.05) is 19.1 Å². The Kier molecular flexibility index (Phi) is 2.59. The highest BCUT2D eigenvalue weighted by atomic mass is 19.1. The van der Waals surface area contributed by atoms with Crippen LogP contribution in [0.25, 0.3) is 16.9 Å². The summed E-state index contributed by atoms with van der Waals surface area (Å²) >= 11 is 0. The van der Waals surface area contributed by atoms with E-state index in [1.165, 1.54) is 12.1 Å². The van der Waals surface area contributed by atoms with Gasteiger partial charge in [-0.15, -0.1) is 4.91 Å². The number of imidazole rings is 1. The molecule has 0 bridgehead atoms. The van der Waals surface area contributed by atoms with Crippen molar-refractivity contribution in [3.05, 3.63) is 58.9 Å². The maximum Gasteiger partial charge on any atom is 0.209 e. The van der Waals surface area contributed by atoms with E-state index < -0.39 is 0 Å². The van der Waals surface area contributed by atoms with Gasteiger partial charge in [-0.05, 0) is 54.1 Å². The molecule has 94 valence electrons. The molecule has 0 saturated carbocycles. The van der Waals surface area contributed by atoms with Gasteiger partial charge >= 0.3 is 0 Å². The quantitative estimate of drug-likeness (QED) is 0.653. The van der Waals surface area contributed by atoms with Crippen LogP contribution >= 0.6 is 0 Å². The van der Waals surface area contributed by atoms with Gasteiger partial charge in [0, 0.05) is 11.8 Å². The van der Waals surface area contributed by atoms with Crippen molar-refractivity contribution < 1.29 is 4.39 Å². The predicted octanol–water partition coefficient (Wildman–Crippen LogP) is 3.85. The number of nitroso groups, excluding NO2 is 1. The van der Waals surface area contributed by atoms with Gasteiger partial charge < -0.3 is 0 Å². The van der Waals surface area contributed by atoms with Crippen LogP contribution in [0.5, 0.6) is 0 Å². The van der Waals surface area contributed by atoms with Gasteiger partial charge in [0.2, 0.25) is 5.82 Å². The normalized spacial score (nSPS) is 10.8. The molecule has 2 aromatic heterocycles. The molecular formula is C14H10FN3O. The van der Waals surface area contributed by atoms with Crippen LogP contribution in [0.1, 0.15) is 5.56 Å². The van der Waals surface area contributed by atoms with E-state index in [9.17, 15) is 9.30 Å². The van der Waals surface area contributed by atoms with Crippen molar-refractivity contribution >= 4 is 11.5 Å². The smallest absolute Gasteiger partial charge is 0.209 e. The zero-order valence-corrected chi connectivity index (χ0v) is 10.2. The minimum Gasteiger partial charge on any atom is -0.281 e. The molecule has 19 heavy (non-hydrogen) atoms. The number of rotatable bonds is 2. The molecule has 0 aliphatic rings. The zero-order valence-electron chi connectivity index (χ0n) is 10.2. The third-order valence-electron chi connectivity index (χ3n) is 2.96. The fraction of sp³-hybridized carbons (Fsp3) is 0.0714. The summed E-state index contributed by atoms with van der Waals surface area (Å²) in [6.45, 7) is 1.94. The largest absolute Gasteiger partial charge is 0.281 e. The molecule has 5 heteroatoms. The molecule has 0 spiro atoms. The van der Waals surface area contributed by atoms with E-state index in [-0.39, 0.29) is 11.6 Å². The zero-order chi connectivity index (χ0) is 13.4. The number of aryl methyl sites for hydroxylation is 1. The predicted molar refractivity (Wildman–Crippen MR) is 70.8 cm³/mol. The van der Waals surface area contributed by atoms with Crippen molar-refractivity contribution in [2.24, 2.45) is 5.18 Å². The van der Waals surface area contributed by atoms with Crippen LogP contribution in [0.3, 0.4) is 0 Å². The van der Waals surface area contributed by atoms with Crippen molar-refractivity contribution in [2.75, 3.05) is 0 Å². The molecule has 0 amide bonds. The Morgan fingerprint density at radius 1 is 1.21 bits per heavy atom. The Morgan fingerprint density at radius 3 is 2.63 bits per heavy atom. The maximum absolute atomic E-state index is 12.9. The lowest BCUT2D eigenvalue weighted by Crippen LogP contribution is -1.83. The van der Waals surface area contributed by atoms with Crippen molar-refractivity contribution in [3.63, 3.8) is 0 Å². The summed E-state index contributed by atoms with van der Waals surface area (Å²) in [5.41, 5.74) is 2.81. The first-order chi connectivity index (χ1) is 9.19. The third-order valence-corrected chi connectivity index (χ3v) is 2.96. The van der Waals surface area contributed by atoms with Gasteiger partial charge in [0.05, 0.1) is 0 Å². The van der Waals surface area contributed by atoms with Crippen molar-refractivity contribution in [1.82, 2.24) is 9.38 Å². The molecule has 0 fully saturated rings.